The van der Waals surface area contributed by atoms with Gasteiger partial charge in [-0.15, -0.1) is 10.2 Å². The summed E-state index contributed by atoms with van der Waals surface area (Å²) in [7, 11) is 0. The number of rotatable bonds is 3. The SMILES string of the molecule is Cc1cc(C(=O)Nc2nnc([C@H]3CCCO3)s2)c2ccccc2n1. The largest absolute Gasteiger partial charge is 0.371 e. The molecule has 0 saturated carbocycles. The summed E-state index contributed by atoms with van der Waals surface area (Å²) >= 11 is 1.37. The van der Waals surface area contributed by atoms with Crippen LogP contribution >= 0.6 is 11.3 Å². The number of aryl methyl sites for hydroxylation is 1. The fourth-order valence-electron chi connectivity index (χ4n) is 2.85. The van der Waals surface area contributed by atoms with Gasteiger partial charge in [0.1, 0.15) is 11.1 Å². The van der Waals surface area contributed by atoms with E-state index in [0.717, 1.165) is 41.1 Å². The van der Waals surface area contributed by atoms with Crippen LogP contribution in [0.5, 0.6) is 0 Å². The number of anilines is 1. The van der Waals surface area contributed by atoms with E-state index in [-0.39, 0.29) is 12.0 Å². The number of hydrogen-bond acceptors (Lipinski definition) is 6. The van der Waals surface area contributed by atoms with Crippen molar-refractivity contribution in [1.29, 1.82) is 0 Å². The van der Waals surface area contributed by atoms with Crippen LogP contribution in [0.4, 0.5) is 5.13 Å². The molecule has 1 fully saturated rings. The molecule has 6 nitrogen and oxygen atoms in total. The normalized spacial score (nSPS) is 17.3. The average Bonchev–Trinajstić information content (AvgIpc) is 3.25. The van der Waals surface area contributed by atoms with E-state index in [9.17, 15) is 4.79 Å². The smallest absolute Gasteiger partial charge is 0.258 e. The van der Waals surface area contributed by atoms with Crippen molar-refractivity contribution in [3.63, 3.8) is 0 Å². The lowest BCUT2D eigenvalue weighted by atomic mass is 10.1. The fourth-order valence-corrected chi connectivity index (χ4v) is 3.67. The molecule has 0 unspecified atom stereocenters. The van der Waals surface area contributed by atoms with Crippen LogP contribution in [0, 0.1) is 6.92 Å². The molecule has 24 heavy (non-hydrogen) atoms. The van der Waals surface area contributed by atoms with Gasteiger partial charge in [0, 0.05) is 17.7 Å². The van der Waals surface area contributed by atoms with Gasteiger partial charge in [0.2, 0.25) is 5.13 Å². The molecule has 0 spiro atoms. The predicted molar refractivity (Wildman–Crippen MR) is 92.3 cm³/mol. The summed E-state index contributed by atoms with van der Waals surface area (Å²) < 4.78 is 5.60. The molecule has 0 bridgehead atoms. The molecule has 1 N–H and O–H groups in total. The Kier molecular flexibility index (Phi) is 3.95. The number of nitrogens with one attached hydrogen (secondary N) is 1. The zero-order chi connectivity index (χ0) is 16.5. The lowest BCUT2D eigenvalue weighted by Gasteiger charge is -2.07. The average molecular weight is 340 g/mol. The second kappa shape index (κ2) is 6.26. The Morgan fingerprint density at radius 1 is 1.33 bits per heavy atom. The van der Waals surface area contributed by atoms with E-state index in [1.807, 2.05) is 31.2 Å². The molecule has 1 amide bonds. The van der Waals surface area contributed by atoms with Crippen molar-refractivity contribution in [2.75, 3.05) is 11.9 Å². The first-order valence-electron chi connectivity index (χ1n) is 7.83. The fraction of sp³-hybridized carbons (Fsp3) is 0.294. The van der Waals surface area contributed by atoms with Crippen molar-refractivity contribution in [3.05, 3.63) is 46.6 Å². The number of hydrogen-bond donors (Lipinski definition) is 1. The number of amides is 1. The lowest BCUT2D eigenvalue weighted by Crippen LogP contribution is -2.13. The van der Waals surface area contributed by atoms with Gasteiger partial charge >= 0.3 is 0 Å². The van der Waals surface area contributed by atoms with Crippen LogP contribution in [0.3, 0.4) is 0 Å². The molecular weight excluding hydrogens is 324 g/mol. The number of aromatic nitrogens is 3. The minimum absolute atomic E-state index is 0.0113. The first kappa shape index (κ1) is 15.2. The number of pyridine rings is 1. The van der Waals surface area contributed by atoms with E-state index in [2.05, 4.69) is 20.5 Å². The molecule has 1 atom stereocenters. The van der Waals surface area contributed by atoms with Gasteiger partial charge in [-0.1, -0.05) is 29.5 Å². The zero-order valence-electron chi connectivity index (χ0n) is 13.2. The molecule has 1 aliphatic heterocycles. The van der Waals surface area contributed by atoms with Gasteiger partial charge in [-0.25, -0.2) is 0 Å². The van der Waals surface area contributed by atoms with Crippen LogP contribution in [-0.2, 0) is 4.74 Å². The van der Waals surface area contributed by atoms with Crippen molar-refractivity contribution in [1.82, 2.24) is 15.2 Å². The Labute approximate surface area is 142 Å². The maximum Gasteiger partial charge on any atom is 0.258 e. The Morgan fingerprint density at radius 3 is 3.04 bits per heavy atom. The molecule has 1 aliphatic rings. The minimum atomic E-state index is -0.202. The quantitative estimate of drug-likeness (QED) is 0.789. The highest BCUT2D eigenvalue weighted by Crippen LogP contribution is 2.32. The van der Waals surface area contributed by atoms with E-state index in [1.54, 1.807) is 6.07 Å². The third-order valence-electron chi connectivity index (χ3n) is 3.96. The summed E-state index contributed by atoms with van der Waals surface area (Å²) in [4.78, 5) is 17.1. The summed E-state index contributed by atoms with van der Waals surface area (Å²) in [5, 5.41) is 13.2. The predicted octanol–water partition coefficient (Wildman–Crippen LogP) is 3.50. The number of para-hydroxylation sites is 1. The third kappa shape index (κ3) is 2.88. The Balaban J connectivity index is 1.60. The second-order valence-electron chi connectivity index (χ2n) is 5.73. The maximum atomic E-state index is 12.7. The van der Waals surface area contributed by atoms with Gasteiger partial charge in [0.25, 0.3) is 5.91 Å². The van der Waals surface area contributed by atoms with Crippen molar-refractivity contribution >= 4 is 33.3 Å². The number of carbonyl (C=O) groups excluding carboxylic acids is 1. The van der Waals surface area contributed by atoms with Crippen molar-refractivity contribution in [3.8, 4) is 0 Å². The first-order chi connectivity index (χ1) is 11.7. The molecule has 0 aliphatic carbocycles. The molecule has 4 rings (SSSR count). The van der Waals surface area contributed by atoms with Crippen molar-refractivity contribution in [2.24, 2.45) is 0 Å². The minimum Gasteiger partial charge on any atom is -0.371 e. The maximum absolute atomic E-state index is 12.7. The van der Waals surface area contributed by atoms with Crippen LogP contribution in [0.2, 0.25) is 0 Å². The molecular formula is C17H16N4O2S. The molecule has 7 heteroatoms. The summed E-state index contributed by atoms with van der Waals surface area (Å²) in [5.74, 6) is -0.202. The Bertz CT molecular complexity index is 902. The van der Waals surface area contributed by atoms with Crippen molar-refractivity contribution < 1.29 is 9.53 Å². The van der Waals surface area contributed by atoms with Gasteiger partial charge in [-0.3, -0.25) is 15.1 Å². The van der Waals surface area contributed by atoms with Crippen LogP contribution in [-0.4, -0.2) is 27.7 Å². The van der Waals surface area contributed by atoms with Gasteiger partial charge in [0.15, 0.2) is 0 Å². The van der Waals surface area contributed by atoms with Crippen LogP contribution < -0.4 is 5.32 Å². The number of benzene rings is 1. The number of nitrogens with zero attached hydrogens (tertiary/aromatic N) is 3. The van der Waals surface area contributed by atoms with Gasteiger partial charge in [0.05, 0.1) is 11.1 Å². The summed E-state index contributed by atoms with van der Waals surface area (Å²) in [6.45, 7) is 2.64. The second-order valence-corrected chi connectivity index (χ2v) is 6.74. The molecule has 1 saturated heterocycles. The lowest BCUT2D eigenvalue weighted by molar-refractivity contribution is 0.102. The Morgan fingerprint density at radius 2 is 2.21 bits per heavy atom. The van der Waals surface area contributed by atoms with Gasteiger partial charge in [-0.2, -0.15) is 0 Å². The molecule has 3 aromatic rings. The standard InChI is InChI=1S/C17H16N4O2S/c1-10-9-12(11-5-2-3-6-13(11)18-10)15(22)19-17-21-20-16(24-17)14-7-4-8-23-14/h2-3,5-6,9,14H,4,7-8H2,1H3,(H,19,21,22)/t14-/m1/s1. The van der Waals surface area contributed by atoms with E-state index in [0.29, 0.717) is 10.7 Å². The Hall–Kier alpha value is -2.38. The highest BCUT2D eigenvalue weighted by atomic mass is 32.1. The van der Waals surface area contributed by atoms with Gasteiger partial charge < -0.3 is 4.74 Å². The number of ether oxygens (including phenoxy) is 1. The number of carbonyl (C=O) groups is 1. The third-order valence-corrected chi connectivity index (χ3v) is 4.89. The van der Waals surface area contributed by atoms with Gasteiger partial charge in [-0.05, 0) is 31.9 Å². The number of fused-ring (bicyclic) bond motifs is 1. The summed E-state index contributed by atoms with van der Waals surface area (Å²) in [5.41, 5.74) is 2.20. The highest BCUT2D eigenvalue weighted by Gasteiger charge is 2.22. The summed E-state index contributed by atoms with van der Waals surface area (Å²) in [6, 6.07) is 9.40. The van der Waals surface area contributed by atoms with Crippen LogP contribution in [0.1, 0.15) is 40.0 Å². The molecule has 0 radical (unpaired) electrons. The van der Waals surface area contributed by atoms with Crippen LogP contribution in [0.25, 0.3) is 10.9 Å². The topological polar surface area (TPSA) is 77.0 Å². The van der Waals surface area contributed by atoms with E-state index >= 15 is 0 Å². The highest BCUT2D eigenvalue weighted by molar-refractivity contribution is 7.15. The summed E-state index contributed by atoms with van der Waals surface area (Å²) in [6.07, 6.45) is 2.00. The molecule has 1 aromatic carbocycles. The zero-order valence-corrected chi connectivity index (χ0v) is 14.0. The molecule has 3 heterocycles. The van der Waals surface area contributed by atoms with E-state index in [4.69, 9.17) is 4.74 Å². The first-order valence-corrected chi connectivity index (χ1v) is 8.65. The van der Waals surface area contributed by atoms with E-state index in [1.165, 1.54) is 11.3 Å². The molecule has 2 aromatic heterocycles. The van der Waals surface area contributed by atoms with Crippen molar-refractivity contribution in [2.45, 2.75) is 25.9 Å². The van der Waals surface area contributed by atoms with Crippen LogP contribution in [0.15, 0.2) is 30.3 Å². The monoisotopic (exact) mass is 340 g/mol. The van der Waals surface area contributed by atoms with E-state index < -0.39 is 0 Å². The molecule has 122 valence electrons.